The van der Waals surface area contributed by atoms with Gasteiger partial charge in [-0.25, -0.2) is 15.0 Å². The number of fused-ring (bicyclic) bond motifs is 1. The van der Waals surface area contributed by atoms with Gasteiger partial charge >= 0.3 is 0 Å². The van der Waals surface area contributed by atoms with Crippen LogP contribution in [0.4, 0.5) is 5.82 Å². The minimum atomic E-state index is -0.245. The summed E-state index contributed by atoms with van der Waals surface area (Å²) in [6.45, 7) is 0. The van der Waals surface area contributed by atoms with E-state index in [9.17, 15) is 4.79 Å². The predicted octanol–water partition coefficient (Wildman–Crippen LogP) is 1.17. The van der Waals surface area contributed by atoms with Crippen LogP contribution in [0.3, 0.4) is 0 Å². The standard InChI is InChI=1S/C13H11N5O2/c1-20-8-4-2-7(3-5-8)10(19)13-17-9-11(14)15-6-16-12(9)18-13/h2-6H,1H3,(H3,14,15,16,17,18). The third-order valence-corrected chi connectivity index (χ3v) is 2.88. The fourth-order valence-electron chi connectivity index (χ4n) is 1.83. The average molecular weight is 269 g/mol. The number of nitrogens with two attached hydrogens (primary N) is 1. The van der Waals surface area contributed by atoms with Crippen LogP contribution in [0, 0.1) is 0 Å². The third kappa shape index (κ3) is 1.95. The minimum Gasteiger partial charge on any atom is -0.497 e. The maximum absolute atomic E-state index is 12.3. The van der Waals surface area contributed by atoms with Crippen molar-refractivity contribution in [1.29, 1.82) is 0 Å². The maximum atomic E-state index is 12.3. The summed E-state index contributed by atoms with van der Waals surface area (Å²) >= 11 is 0. The first kappa shape index (κ1) is 12.1. The predicted molar refractivity (Wildman–Crippen MR) is 72.5 cm³/mol. The first-order chi connectivity index (χ1) is 9.69. The van der Waals surface area contributed by atoms with Crippen LogP contribution in [-0.4, -0.2) is 32.8 Å². The molecule has 0 aliphatic heterocycles. The number of imidazole rings is 1. The Balaban J connectivity index is 2.01. The lowest BCUT2D eigenvalue weighted by Crippen LogP contribution is -2.03. The Kier molecular flexibility index (Phi) is 2.79. The molecule has 20 heavy (non-hydrogen) atoms. The molecule has 0 unspecified atom stereocenters. The average Bonchev–Trinajstić information content (AvgIpc) is 2.92. The number of H-pyrrole nitrogens is 1. The number of ether oxygens (including phenoxy) is 1. The van der Waals surface area contributed by atoms with Crippen molar-refractivity contribution in [3.05, 3.63) is 42.0 Å². The highest BCUT2D eigenvalue weighted by molar-refractivity contribution is 6.08. The van der Waals surface area contributed by atoms with Gasteiger partial charge in [0, 0.05) is 5.56 Å². The summed E-state index contributed by atoms with van der Waals surface area (Å²) in [6.07, 6.45) is 1.31. The molecule has 0 aliphatic carbocycles. The highest BCUT2D eigenvalue weighted by atomic mass is 16.5. The molecule has 0 radical (unpaired) electrons. The highest BCUT2D eigenvalue weighted by Crippen LogP contribution is 2.17. The largest absolute Gasteiger partial charge is 0.497 e. The minimum absolute atomic E-state index is 0.178. The summed E-state index contributed by atoms with van der Waals surface area (Å²) in [5.74, 6) is 0.875. The topological polar surface area (TPSA) is 107 Å². The quantitative estimate of drug-likeness (QED) is 0.691. The van der Waals surface area contributed by atoms with Gasteiger partial charge in [0.05, 0.1) is 7.11 Å². The molecule has 0 amide bonds. The Morgan fingerprint density at radius 2 is 2.00 bits per heavy atom. The number of aromatic amines is 1. The number of aromatic nitrogens is 4. The Morgan fingerprint density at radius 1 is 1.25 bits per heavy atom. The van der Waals surface area contributed by atoms with E-state index in [1.54, 1.807) is 31.4 Å². The van der Waals surface area contributed by atoms with Gasteiger partial charge < -0.3 is 15.5 Å². The molecule has 2 aromatic heterocycles. The van der Waals surface area contributed by atoms with Gasteiger partial charge in [-0.2, -0.15) is 0 Å². The van der Waals surface area contributed by atoms with Crippen LogP contribution in [0.15, 0.2) is 30.6 Å². The molecule has 7 nitrogen and oxygen atoms in total. The zero-order chi connectivity index (χ0) is 14.1. The number of carbonyl (C=O) groups is 1. The van der Waals surface area contributed by atoms with Gasteiger partial charge in [-0.15, -0.1) is 0 Å². The van der Waals surface area contributed by atoms with Gasteiger partial charge in [-0.3, -0.25) is 4.79 Å². The number of nitrogen functional groups attached to an aromatic ring is 1. The zero-order valence-corrected chi connectivity index (χ0v) is 10.6. The van der Waals surface area contributed by atoms with E-state index < -0.39 is 0 Å². The summed E-state index contributed by atoms with van der Waals surface area (Å²) in [6, 6.07) is 6.76. The molecule has 0 fully saturated rings. The van der Waals surface area contributed by atoms with Crippen molar-refractivity contribution in [2.24, 2.45) is 0 Å². The molecule has 2 heterocycles. The molecule has 0 saturated carbocycles. The molecule has 0 atom stereocenters. The van der Waals surface area contributed by atoms with Crippen LogP contribution in [0.5, 0.6) is 5.75 Å². The maximum Gasteiger partial charge on any atom is 0.228 e. The molecular formula is C13H11N5O2. The van der Waals surface area contributed by atoms with E-state index in [4.69, 9.17) is 10.5 Å². The fraction of sp³-hybridized carbons (Fsp3) is 0.0769. The van der Waals surface area contributed by atoms with Crippen molar-refractivity contribution >= 4 is 22.8 Å². The SMILES string of the molecule is COc1ccc(C(=O)c2nc3ncnc(N)c3[nH]2)cc1. The van der Waals surface area contributed by atoms with Crippen molar-refractivity contribution in [3.63, 3.8) is 0 Å². The second-order valence-corrected chi connectivity index (χ2v) is 4.10. The van der Waals surface area contributed by atoms with Crippen LogP contribution in [-0.2, 0) is 0 Å². The van der Waals surface area contributed by atoms with Crippen molar-refractivity contribution < 1.29 is 9.53 Å². The fourth-order valence-corrected chi connectivity index (χ4v) is 1.83. The number of rotatable bonds is 3. The Hall–Kier alpha value is -2.96. The smallest absolute Gasteiger partial charge is 0.228 e. The van der Waals surface area contributed by atoms with E-state index in [1.807, 2.05) is 0 Å². The Labute approximate surface area is 113 Å². The number of nitrogens with one attached hydrogen (secondary N) is 1. The number of hydrogen-bond acceptors (Lipinski definition) is 6. The number of ketones is 1. The summed E-state index contributed by atoms with van der Waals surface area (Å²) in [5, 5.41) is 0. The Morgan fingerprint density at radius 3 is 2.65 bits per heavy atom. The molecule has 0 aliphatic rings. The summed E-state index contributed by atoms with van der Waals surface area (Å²) in [4.78, 5) is 27.1. The first-order valence-electron chi connectivity index (χ1n) is 5.84. The van der Waals surface area contributed by atoms with Crippen LogP contribution in [0.2, 0.25) is 0 Å². The number of anilines is 1. The van der Waals surface area contributed by atoms with Crippen molar-refractivity contribution in [3.8, 4) is 5.75 Å². The lowest BCUT2D eigenvalue weighted by atomic mass is 10.1. The van der Waals surface area contributed by atoms with Gasteiger partial charge in [0.25, 0.3) is 0 Å². The van der Waals surface area contributed by atoms with Crippen molar-refractivity contribution in [2.75, 3.05) is 12.8 Å². The van der Waals surface area contributed by atoms with Gasteiger partial charge in [0.2, 0.25) is 5.78 Å². The van der Waals surface area contributed by atoms with Crippen LogP contribution in [0.1, 0.15) is 16.2 Å². The molecule has 7 heteroatoms. The van der Waals surface area contributed by atoms with E-state index in [2.05, 4.69) is 19.9 Å². The number of methoxy groups -OCH3 is 1. The number of hydrogen-bond donors (Lipinski definition) is 2. The van der Waals surface area contributed by atoms with Crippen LogP contribution >= 0.6 is 0 Å². The second kappa shape index (κ2) is 4.61. The second-order valence-electron chi connectivity index (χ2n) is 4.10. The van der Waals surface area contributed by atoms with Gasteiger partial charge in [-0.1, -0.05) is 0 Å². The number of carbonyl (C=O) groups excluding carboxylic acids is 1. The molecule has 3 N–H and O–H groups in total. The summed E-state index contributed by atoms with van der Waals surface area (Å²) in [7, 11) is 1.57. The molecule has 0 spiro atoms. The van der Waals surface area contributed by atoms with Gasteiger partial charge in [0.1, 0.15) is 17.6 Å². The van der Waals surface area contributed by atoms with Gasteiger partial charge in [0.15, 0.2) is 17.3 Å². The van der Waals surface area contributed by atoms with Crippen molar-refractivity contribution in [1.82, 2.24) is 19.9 Å². The number of nitrogens with zero attached hydrogens (tertiary/aromatic N) is 3. The van der Waals surface area contributed by atoms with Crippen LogP contribution in [0.25, 0.3) is 11.2 Å². The van der Waals surface area contributed by atoms with Crippen LogP contribution < -0.4 is 10.5 Å². The Bertz CT molecular complexity index is 779. The normalized spacial score (nSPS) is 10.7. The lowest BCUT2D eigenvalue weighted by molar-refractivity contribution is 0.103. The van der Waals surface area contributed by atoms with E-state index in [1.165, 1.54) is 6.33 Å². The molecule has 3 rings (SSSR count). The zero-order valence-electron chi connectivity index (χ0n) is 10.6. The van der Waals surface area contributed by atoms with Gasteiger partial charge in [-0.05, 0) is 24.3 Å². The van der Waals surface area contributed by atoms with Crippen molar-refractivity contribution in [2.45, 2.75) is 0 Å². The third-order valence-electron chi connectivity index (χ3n) is 2.88. The highest BCUT2D eigenvalue weighted by Gasteiger charge is 2.15. The first-order valence-corrected chi connectivity index (χ1v) is 5.84. The number of benzene rings is 1. The molecule has 0 bridgehead atoms. The van der Waals surface area contributed by atoms with E-state index in [0.717, 1.165) is 0 Å². The van der Waals surface area contributed by atoms with E-state index in [0.29, 0.717) is 22.5 Å². The monoisotopic (exact) mass is 269 g/mol. The molecular weight excluding hydrogens is 258 g/mol. The molecule has 0 saturated heterocycles. The molecule has 1 aromatic carbocycles. The molecule has 100 valence electrons. The van der Waals surface area contributed by atoms with E-state index >= 15 is 0 Å². The lowest BCUT2D eigenvalue weighted by Gasteiger charge is -2.00. The van der Waals surface area contributed by atoms with E-state index in [-0.39, 0.29) is 17.4 Å². The molecule has 3 aromatic rings. The summed E-state index contributed by atoms with van der Waals surface area (Å²) < 4.78 is 5.05. The summed E-state index contributed by atoms with van der Waals surface area (Å²) in [5.41, 5.74) is 7.02.